The van der Waals surface area contributed by atoms with Gasteiger partial charge in [-0.05, 0) is 36.2 Å². The van der Waals surface area contributed by atoms with Crippen LogP contribution in [0.25, 0.3) is 11.1 Å². The Bertz CT molecular complexity index is 858. The summed E-state index contributed by atoms with van der Waals surface area (Å²) in [6.07, 6.45) is 2.39. The monoisotopic (exact) mass is 355 g/mol. The number of hydrogen-bond acceptors (Lipinski definition) is 5. The molecule has 0 aliphatic rings. The normalized spacial score (nSPS) is 10.5. The first kappa shape index (κ1) is 17.6. The van der Waals surface area contributed by atoms with Gasteiger partial charge in [-0.25, -0.2) is 4.79 Å². The van der Waals surface area contributed by atoms with Crippen LogP contribution < -0.4 is 20.1 Å². The highest BCUT2D eigenvalue weighted by Gasteiger charge is 2.07. The molecule has 0 spiro atoms. The smallest absolute Gasteiger partial charge is 0.315 e. The van der Waals surface area contributed by atoms with Gasteiger partial charge in [0.1, 0.15) is 11.3 Å². The summed E-state index contributed by atoms with van der Waals surface area (Å²) in [5.74, 6) is 2.02. The number of furan rings is 1. The van der Waals surface area contributed by atoms with Gasteiger partial charge in [0.2, 0.25) is 0 Å². The molecule has 2 amide bonds. The fraction of sp³-hybridized carbons (Fsp3) is 0.263. The largest absolute Gasteiger partial charge is 0.493 e. The van der Waals surface area contributed by atoms with Crippen LogP contribution in [0.2, 0.25) is 0 Å². The van der Waals surface area contributed by atoms with Gasteiger partial charge in [-0.2, -0.15) is 0 Å². The minimum absolute atomic E-state index is 0.251. The molecule has 0 fully saturated rings. The predicted molar refractivity (Wildman–Crippen MR) is 97.5 cm³/mol. The lowest BCUT2D eigenvalue weighted by molar-refractivity contribution is 0.240. The highest BCUT2D eigenvalue weighted by atomic mass is 16.5. The first-order valence-electron chi connectivity index (χ1n) is 8.25. The molecule has 0 aliphatic carbocycles. The van der Waals surface area contributed by atoms with E-state index in [0.717, 1.165) is 11.1 Å². The van der Waals surface area contributed by atoms with Crippen molar-refractivity contribution in [2.75, 3.05) is 20.8 Å². The number of fused-ring (bicyclic) bond motifs is 1. The van der Waals surface area contributed by atoms with Crippen LogP contribution >= 0.6 is 0 Å². The average Bonchev–Trinajstić information content (AvgIpc) is 3.09. The third-order valence-corrected chi connectivity index (χ3v) is 3.91. The molecule has 26 heavy (non-hydrogen) atoms. The molecule has 0 aliphatic heterocycles. The minimum Gasteiger partial charge on any atom is -0.493 e. The Kier molecular flexibility index (Phi) is 5.58. The van der Waals surface area contributed by atoms with E-state index in [-0.39, 0.29) is 6.03 Å². The highest BCUT2D eigenvalue weighted by Crippen LogP contribution is 2.27. The average molecular weight is 355 g/mol. The van der Waals surface area contributed by atoms with Crippen LogP contribution in [-0.4, -0.2) is 31.8 Å². The van der Waals surface area contributed by atoms with Crippen LogP contribution in [0.15, 0.2) is 47.0 Å². The molecule has 0 saturated carbocycles. The number of carbonyl (C=O) groups is 1. The predicted octanol–water partition coefficient (Wildman–Crippen LogP) is 2.89. The Hall–Kier alpha value is -3.22. The summed E-state index contributed by atoms with van der Waals surface area (Å²) in [6, 6.07) is 10.9. The molecule has 2 aromatic heterocycles. The van der Waals surface area contributed by atoms with Crippen molar-refractivity contribution >= 4 is 17.1 Å². The zero-order chi connectivity index (χ0) is 18.4. The van der Waals surface area contributed by atoms with Crippen LogP contribution in [0.1, 0.15) is 11.3 Å². The number of methoxy groups -OCH3 is 2. The number of rotatable bonds is 7. The van der Waals surface area contributed by atoms with Crippen LogP contribution in [0.3, 0.4) is 0 Å². The van der Waals surface area contributed by atoms with E-state index in [4.69, 9.17) is 13.9 Å². The van der Waals surface area contributed by atoms with Gasteiger partial charge in [-0.1, -0.05) is 6.07 Å². The van der Waals surface area contributed by atoms with Gasteiger partial charge in [0, 0.05) is 18.8 Å². The Balaban J connectivity index is 1.45. The number of aromatic nitrogens is 1. The maximum absolute atomic E-state index is 11.9. The van der Waals surface area contributed by atoms with Crippen molar-refractivity contribution < 1.29 is 18.7 Å². The van der Waals surface area contributed by atoms with Crippen LogP contribution in [0.5, 0.6) is 11.5 Å². The second-order valence-corrected chi connectivity index (χ2v) is 5.65. The summed E-state index contributed by atoms with van der Waals surface area (Å²) in [5, 5.41) is 5.59. The molecule has 1 aromatic carbocycles. The van der Waals surface area contributed by atoms with E-state index in [1.54, 1.807) is 20.4 Å². The second kappa shape index (κ2) is 8.24. The number of nitrogens with one attached hydrogen (secondary N) is 2. The summed E-state index contributed by atoms with van der Waals surface area (Å²) in [5.41, 5.74) is 2.53. The van der Waals surface area contributed by atoms with E-state index < -0.39 is 0 Å². The lowest BCUT2D eigenvalue weighted by Gasteiger charge is -2.10. The number of pyridine rings is 1. The molecule has 0 bridgehead atoms. The first-order chi connectivity index (χ1) is 12.7. The Morgan fingerprint density at radius 2 is 1.96 bits per heavy atom. The third kappa shape index (κ3) is 4.24. The van der Waals surface area contributed by atoms with E-state index in [9.17, 15) is 4.79 Å². The quantitative estimate of drug-likeness (QED) is 0.681. The van der Waals surface area contributed by atoms with E-state index in [1.165, 1.54) is 0 Å². The van der Waals surface area contributed by atoms with Gasteiger partial charge in [0.05, 0.1) is 20.8 Å². The van der Waals surface area contributed by atoms with Crippen molar-refractivity contribution in [2.24, 2.45) is 0 Å². The number of ether oxygens (including phenoxy) is 2. The van der Waals surface area contributed by atoms with Crippen LogP contribution in [0, 0.1) is 0 Å². The summed E-state index contributed by atoms with van der Waals surface area (Å²) in [4.78, 5) is 16.1. The SMILES string of the molecule is COc1ccc(CCNC(=O)NCc2cc3ncccc3o2)cc1OC. The molecule has 2 heterocycles. The molecule has 0 saturated heterocycles. The Morgan fingerprint density at radius 1 is 1.12 bits per heavy atom. The van der Waals surface area contributed by atoms with Crippen molar-refractivity contribution in [1.29, 1.82) is 0 Å². The van der Waals surface area contributed by atoms with Crippen molar-refractivity contribution in [1.82, 2.24) is 15.6 Å². The lowest BCUT2D eigenvalue weighted by atomic mass is 10.1. The highest BCUT2D eigenvalue weighted by molar-refractivity contribution is 5.75. The maximum Gasteiger partial charge on any atom is 0.315 e. The first-order valence-corrected chi connectivity index (χ1v) is 8.25. The van der Waals surface area contributed by atoms with Crippen molar-refractivity contribution in [3.63, 3.8) is 0 Å². The fourth-order valence-corrected chi connectivity index (χ4v) is 2.59. The summed E-state index contributed by atoms with van der Waals surface area (Å²) in [7, 11) is 3.20. The fourth-order valence-electron chi connectivity index (χ4n) is 2.59. The lowest BCUT2D eigenvalue weighted by Crippen LogP contribution is -2.36. The van der Waals surface area contributed by atoms with Crippen LogP contribution in [0.4, 0.5) is 4.79 Å². The molecule has 2 N–H and O–H groups in total. The molecule has 3 aromatic rings. The Labute approximate surface area is 151 Å². The van der Waals surface area contributed by atoms with Gasteiger partial charge in [0.15, 0.2) is 17.1 Å². The Morgan fingerprint density at radius 3 is 2.73 bits per heavy atom. The van der Waals surface area contributed by atoms with Gasteiger partial charge in [-0.15, -0.1) is 0 Å². The number of amides is 2. The van der Waals surface area contributed by atoms with E-state index in [1.807, 2.05) is 36.4 Å². The number of nitrogens with zero attached hydrogens (tertiary/aromatic N) is 1. The summed E-state index contributed by atoms with van der Waals surface area (Å²) >= 11 is 0. The number of urea groups is 1. The van der Waals surface area contributed by atoms with E-state index >= 15 is 0 Å². The number of hydrogen-bond donors (Lipinski definition) is 2. The molecule has 3 rings (SSSR count). The van der Waals surface area contributed by atoms with Crippen molar-refractivity contribution in [3.8, 4) is 11.5 Å². The second-order valence-electron chi connectivity index (χ2n) is 5.65. The maximum atomic E-state index is 11.9. The van der Waals surface area contributed by atoms with Gasteiger partial charge < -0.3 is 24.5 Å². The van der Waals surface area contributed by atoms with Gasteiger partial charge in [0.25, 0.3) is 0 Å². The standard InChI is InChI=1S/C19H21N3O4/c1-24-17-6-5-13(10-18(17)25-2)7-9-21-19(23)22-12-14-11-15-16(26-14)4-3-8-20-15/h3-6,8,10-11H,7,9,12H2,1-2H3,(H2,21,22,23). The van der Waals surface area contributed by atoms with E-state index in [2.05, 4.69) is 15.6 Å². The van der Waals surface area contributed by atoms with Gasteiger partial charge >= 0.3 is 6.03 Å². The van der Waals surface area contributed by atoms with Crippen molar-refractivity contribution in [2.45, 2.75) is 13.0 Å². The third-order valence-electron chi connectivity index (χ3n) is 3.91. The molecule has 7 nitrogen and oxygen atoms in total. The molecule has 0 radical (unpaired) electrons. The summed E-state index contributed by atoms with van der Waals surface area (Å²) in [6.45, 7) is 0.807. The van der Waals surface area contributed by atoms with Crippen molar-refractivity contribution in [3.05, 3.63) is 53.9 Å². The zero-order valence-corrected chi connectivity index (χ0v) is 14.7. The molecule has 0 unspecified atom stereocenters. The number of carbonyl (C=O) groups excluding carboxylic acids is 1. The van der Waals surface area contributed by atoms with Crippen LogP contribution in [-0.2, 0) is 13.0 Å². The molecule has 7 heteroatoms. The molecule has 136 valence electrons. The topological polar surface area (TPSA) is 85.6 Å². The van der Waals surface area contributed by atoms with Gasteiger partial charge in [-0.3, -0.25) is 4.98 Å². The van der Waals surface area contributed by atoms with E-state index in [0.29, 0.717) is 42.4 Å². The summed E-state index contributed by atoms with van der Waals surface area (Å²) < 4.78 is 16.1. The zero-order valence-electron chi connectivity index (χ0n) is 14.7. The molecule has 0 atom stereocenters. The molecular weight excluding hydrogens is 334 g/mol. The minimum atomic E-state index is -0.251. The number of benzene rings is 1. The molecular formula is C19H21N3O4.